The Morgan fingerprint density at radius 1 is 0.368 bits per heavy atom. The second kappa shape index (κ2) is 13.5. The van der Waals surface area contributed by atoms with Crippen molar-refractivity contribution in [3.8, 4) is 62.0 Å². The van der Waals surface area contributed by atoms with E-state index in [4.69, 9.17) is 9.97 Å². The van der Waals surface area contributed by atoms with Crippen LogP contribution in [0.3, 0.4) is 0 Å². The Bertz CT molecular complexity index is 3190. The van der Waals surface area contributed by atoms with Crippen LogP contribution in [0, 0.1) is 0 Å². The summed E-state index contributed by atoms with van der Waals surface area (Å²) in [6, 6.07) is 66.0. The predicted molar refractivity (Wildman–Crippen MR) is 234 cm³/mol. The van der Waals surface area contributed by atoms with Crippen molar-refractivity contribution in [1.82, 2.24) is 24.5 Å². The van der Waals surface area contributed by atoms with Crippen LogP contribution in [0.2, 0.25) is 0 Å². The van der Waals surface area contributed by atoms with Crippen LogP contribution in [0.25, 0.3) is 105 Å². The number of para-hydroxylation sites is 3. The third-order valence-corrected chi connectivity index (χ3v) is 10.9. The number of hydrogen-bond acceptors (Lipinski definition) is 4. The van der Waals surface area contributed by atoms with Crippen molar-refractivity contribution in [1.29, 1.82) is 0 Å². The summed E-state index contributed by atoms with van der Waals surface area (Å²) < 4.78 is 2.44. The van der Waals surface area contributed by atoms with Crippen molar-refractivity contribution in [3.05, 3.63) is 200 Å². The fourth-order valence-electron chi connectivity index (χ4n) is 8.32. The third kappa shape index (κ3) is 5.56. The summed E-state index contributed by atoms with van der Waals surface area (Å²) in [6.07, 6.45) is 3.61. The fourth-order valence-corrected chi connectivity index (χ4v) is 8.32. The van der Waals surface area contributed by atoms with Gasteiger partial charge in [-0.2, -0.15) is 0 Å². The first-order chi connectivity index (χ1) is 28.3. The van der Waals surface area contributed by atoms with Gasteiger partial charge in [-0.05, 0) is 77.4 Å². The van der Waals surface area contributed by atoms with Crippen LogP contribution in [0.15, 0.2) is 200 Å². The number of nitrogens with zero attached hydrogens (tertiary/aromatic N) is 5. The van der Waals surface area contributed by atoms with Gasteiger partial charge in [0.05, 0.1) is 45.0 Å². The minimum Gasteiger partial charge on any atom is -0.309 e. The zero-order chi connectivity index (χ0) is 37.7. The van der Waals surface area contributed by atoms with Gasteiger partial charge in [0.25, 0.3) is 0 Å². The summed E-state index contributed by atoms with van der Waals surface area (Å²) in [5.41, 5.74) is 14.2. The highest BCUT2D eigenvalue weighted by Crippen LogP contribution is 2.45. The molecule has 0 N–H and O–H groups in total. The molecule has 0 saturated carbocycles. The summed E-state index contributed by atoms with van der Waals surface area (Å²) in [5.74, 6) is 0. The molecule has 0 atom stereocenters. The van der Waals surface area contributed by atoms with E-state index in [-0.39, 0.29) is 0 Å². The number of fused-ring (bicyclic) bond motifs is 7. The Morgan fingerprint density at radius 3 is 1.70 bits per heavy atom. The summed E-state index contributed by atoms with van der Waals surface area (Å²) in [4.78, 5) is 19.5. The van der Waals surface area contributed by atoms with Gasteiger partial charge >= 0.3 is 0 Å². The first-order valence-electron chi connectivity index (χ1n) is 19.1. The van der Waals surface area contributed by atoms with Gasteiger partial charge in [0.15, 0.2) is 0 Å². The molecule has 0 radical (unpaired) electrons. The van der Waals surface area contributed by atoms with E-state index in [1.807, 2.05) is 36.4 Å². The van der Waals surface area contributed by atoms with Gasteiger partial charge < -0.3 is 4.57 Å². The number of benzene rings is 6. The van der Waals surface area contributed by atoms with Gasteiger partial charge in [0, 0.05) is 56.1 Å². The molecule has 5 heteroatoms. The van der Waals surface area contributed by atoms with Crippen LogP contribution >= 0.6 is 0 Å². The van der Waals surface area contributed by atoms with E-state index in [2.05, 4.69) is 166 Å². The average Bonchev–Trinajstić information content (AvgIpc) is 3.64. The molecule has 11 aromatic rings. The number of pyridine rings is 4. The normalized spacial score (nSPS) is 11.5. The lowest BCUT2D eigenvalue weighted by atomic mass is 9.95. The maximum Gasteiger partial charge on any atom is 0.0900 e. The third-order valence-electron chi connectivity index (χ3n) is 10.9. The second-order valence-corrected chi connectivity index (χ2v) is 14.2. The molecule has 57 heavy (non-hydrogen) atoms. The Kier molecular flexibility index (Phi) is 7.74. The van der Waals surface area contributed by atoms with Gasteiger partial charge in [-0.15, -0.1) is 0 Å². The number of aromatic nitrogens is 5. The maximum absolute atomic E-state index is 5.25. The molecular formula is C52H33N5. The molecule has 0 amide bonds. The van der Waals surface area contributed by atoms with Crippen molar-refractivity contribution in [2.45, 2.75) is 0 Å². The molecule has 0 aliphatic carbocycles. The Hall–Kier alpha value is -7.76. The highest BCUT2D eigenvalue weighted by atomic mass is 15.0. The van der Waals surface area contributed by atoms with Crippen LogP contribution in [-0.4, -0.2) is 24.5 Å². The van der Waals surface area contributed by atoms with Crippen molar-refractivity contribution in [2.75, 3.05) is 0 Å². The van der Waals surface area contributed by atoms with E-state index < -0.39 is 0 Å². The molecule has 0 fully saturated rings. The van der Waals surface area contributed by atoms with E-state index in [0.29, 0.717) is 0 Å². The summed E-state index contributed by atoms with van der Waals surface area (Å²) >= 11 is 0. The van der Waals surface area contributed by atoms with E-state index >= 15 is 0 Å². The summed E-state index contributed by atoms with van der Waals surface area (Å²) in [6.45, 7) is 0. The topological polar surface area (TPSA) is 56.5 Å². The lowest BCUT2D eigenvalue weighted by Crippen LogP contribution is -1.96. The van der Waals surface area contributed by atoms with Gasteiger partial charge in [-0.3, -0.25) is 9.97 Å². The van der Waals surface area contributed by atoms with Crippen molar-refractivity contribution in [2.24, 2.45) is 0 Å². The van der Waals surface area contributed by atoms with E-state index in [1.165, 1.54) is 21.7 Å². The first kappa shape index (κ1) is 32.7. The van der Waals surface area contributed by atoms with E-state index in [0.717, 1.165) is 83.8 Å². The van der Waals surface area contributed by atoms with Crippen molar-refractivity contribution in [3.63, 3.8) is 0 Å². The standard InChI is InChI=1S/C52H33N5/c1-3-14-36(15-4-1)51-41-28-29-48-50(49(41)40-18-7-8-21-43(40)56-51)42-20-13-19-39(52(42)57(48)38-16-5-2-6-17-38)35-26-24-34(25-27-35)37-32-46(44-22-9-11-30-53-44)55-47(33-37)45-23-10-12-31-54-45/h1-33H. The summed E-state index contributed by atoms with van der Waals surface area (Å²) in [5, 5.41) is 5.93. The quantitative estimate of drug-likeness (QED) is 0.160. The van der Waals surface area contributed by atoms with E-state index in [9.17, 15) is 0 Å². The Balaban J connectivity index is 1.14. The monoisotopic (exact) mass is 727 g/mol. The molecule has 0 bridgehead atoms. The molecule has 11 rings (SSSR count). The first-order valence-corrected chi connectivity index (χ1v) is 19.1. The lowest BCUT2D eigenvalue weighted by Gasteiger charge is -2.13. The average molecular weight is 728 g/mol. The molecule has 0 spiro atoms. The van der Waals surface area contributed by atoms with Crippen LogP contribution in [0.1, 0.15) is 0 Å². The minimum absolute atomic E-state index is 0.806. The Morgan fingerprint density at radius 2 is 1.00 bits per heavy atom. The zero-order valence-corrected chi connectivity index (χ0v) is 30.8. The van der Waals surface area contributed by atoms with Gasteiger partial charge in [0.2, 0.25) is 0 Å². The highest BCUT2D eigenvalue weighted by molar-refractivity contribution is 6.30. The van der Waals surface area contributed by atoms with Crippen LogP contribution in [0.4, 0.5) is 0 Å². The molecule has 5 heterocycles. The molecule has 0 aliphatic heterocycles. The maximum atomic E-state index is 5.25. The predicted octanol–water partition coefficient (Wildman–Crippen LogP) is 13.0. The largest absolute Gasteiger partial charge is 0.309 e. The van der Waals surface area contributed by atoms with Gasteiger partial charge in [0.1, 0.15) is 0 Å². The molecule has 5 aromatic heterocycles. The van der Waals surface area contributed by atoms with Crippen molar-refractivity contribution >= 4 is 43.5 Å². The molecule has 6 aromatic carbocycles. The SMILES string of the molecule is c1ccc(-c2nc3ccccc3c3c2ccc2c3c3cccc(-c4ccc(-c5cc(-c6ccccn6)nc(-c6ccccn6)c5)cc4)c3n2-c2ccccc2)cc1. The number of rotatable bonds is 6. The smallest absolute Gasteiger partial charge is 0.0900 e. The fraction of sp³-hybridized carbons (Fsp3) is 0. The van der Waals surface area contributed by atoms with Gasteiger partial charge in [-0.1, -0.05) is 127 Å². The molecule has 0 aliphatic rings. The summed E-state index contributed by atoms with van der Waals surface area (Å²) in [7, 11) is 0. The van der Waals surface area contributed by atoms with E-state index in [1.54, 1.807) is 12.4 Å². The molecule has 0 saturated heterocycles. The minimum atomic E-state index is 0.806. The lowest BCUT2D eigenvalue weighted by molar-refractivity contribution is 1.18. The molecule has 0 unspecified atom stereocenters. The molecule has 266 valence electrons. The van der Waals surface area contributed by atoms with Crippen molar-refractivity contribution < 1.29 is 0 Å². The van der Waals surface area contributed by atoms with Gasteiger partial charge in [-0.25, -0.2) is 9.97 Å². The molecular weight excluding hydrogens is 695 g/mol. The van der Waals surface area contributed by atoms with Crippen LogP contribution < -0.4 is 0 Å². The van der Waals surface area contributed by atoms with Crippen LogP contribution in [0.5, 0.6) is 0 Å². The molecule has 5 nitrogen and oxygen atoms in total. The number of hydrogen-bond donors (Lipinski definition) is 0. The second-order valence-electron chi connectivity index (χ2n) is 14.2. The van der Waals surface area contributed by atoms with Crippen LogP contribution in [-0.2, 0) is 0 Å². The highest BCUT2D eigenvalue weighted by Gasteiger charge is 2.22. The zero-order valence-electron chi connectivity index (χ0n) is 30.8. The Labute approximate surface area is 329 Å².